The van der Waals surface area contributed by atoms with Crippen LogP contribution in [-0.2, 0) is 24.6 Å². The number of methoxy groups -OCH3 is 3. The molecule has 1 atom stereocenters. The topological polar surface area (TPSA) is 44.7 Å². The summed E-state index contributed by atoms with van der Waals surface area (Å²) in [4.78, 5) is 0. The first-order valence-corrected chi connectivity index (χ1v) is 9.26. The predicted molar refractivity (Wildman–Crippen MR) is 109 cm³/mol. The highest BCUT2D eigenvalue weighted by Gasteiger charge is 2.24. The minimum Gasteiger partial charge on any atom is -0.493 e. The molecule has 5 nitrogen and oxygen atoms in total. The Morgan fingerprint density at radius 1 is 0.963 bits per heavy atom. The number of benzene rings is 2. The number of aromatic nitrogens is 1. The molecule has 1 unspecified atom stereocenters. The largest absolute Gasteiger partial charge is 0.493 e. The van der Waals surface area contributed by atoms with Crippen molar-refractivity contribution in [1.29, 1.82) is 0 Å². The zero-order chi connectivity index (χ0) is 19.0. The molecule has 27 heavy (non-hydrogen) atoms. The summed E-state index contributed by atoms with van der Waals surface area (Å²) in [6.07, 6.45) is 3.44. The van der Waals surface area contributed by atoms with Crippen molar-refractivity contribution in [2.75, 3.05) is 26.6 Å². The molecule has 0 saturated heterocycles. The Morgan fingerprint density at radius 2 is 1.70 bits per heavy atom. The molecule has 1 N–H and O–H groups in total. The van der Waals surface area contributed by atoms with E-state index in [9.17, 15) is 0 Å². The lowest BCUT2D eigenvalue weighted by Crippen LogP contribution is -2.21. The van der Waals surface area contributed by atoms with Crippen LogP contribution >= 0.6 is 0 Å². The molecular weight excluding hydrogens is 340 g/mol. The van der Waals surface area contributed by atoms with Crippen LogP contribution in [0.5, 0.6) is 11.5 Å². The average Bonchev–Trinajstić information content (AvgIpc) is 2.99. The molecule has 1 heterocycles. The van der Waals surface area contributed by atoms with E-state index in [1.165, 1.54) is 22.2 Å². The summed E-state index contributed by atoms with van der Waals surface area (Å²) < 4.78 is 18.7. The molecule has 1 aliphatic rings. The fourth-order valence-corrected chi connectivity index (χ4v) is 4.11. The van der Waals surface area contributed by atoms with Crippen LogP contribution in [0.15, 0.2) is 36.4 Å². The van der Waals surface area contributed by atoms with Gasteiger partial charge in [0, 0.05) is 54.6 Å². The van der Waals surface area contributed by atoms with Gasteiger partial charge >= 0.3 is 0 Å². The summed E-state index contributed by atoms with van der Waals surface area (Å²) >= 11 is 0. The van der Waals surface area contributed by atoms with E-state index in [4.69, 9.17) is 14.2 Å². The van der Waals surface area contributed by atoms with Gasteiger partial charge in [0.15, 0.2) is 11.5 Å². The second-order valence-corrected chi connectivity index (χ2v) is 7.01. The highest BCUT2D eigenvalue weighted by atomic mass is 16.5. The van der Waals surface area contributed by atoms with Gasteiger partial charge in [-0.2, -0.15) is 0 Å². The summed E-state index contributed by atoms with van der Waals surface area (Å²) in [5.74, 6) is 1.44. The van der Waals surface area contributed by atoms with Crippen LogP contribution in [0.2, 0.25) is 0 Å². The third kappa shape index (κ3) is 3.12. The van der Waals surface area contributed by atoms with E-state index in [0.29, 0.717) is 11.9 Å². The molecule has 5 heteroatoms. The van der Waals surface area contributed by atoms with Crippen molar-refractivity contribution >= 4 is 22.3 Å². The van der Waals surface area contributed by atoms with E-state index in [0.717, 1.165) is 36.4 Å². The highest BCUT2D eigenvalue weighted by Crippen LogP contribution is 2.35. The Morgan fingerprint density at radius 3 is 2.44 bits per heavy atom. The van der Waals surface area contributed by atoms with E-state index < -0.39 is 0 Å². The van der Waals surface area contributed by atoms with Gasteiger partial charge in [-0.15, -0.1) is 0 Å². The molecule has 3 aromatic rings. The van der Waals surface area contributed by atoms with Gasteiger partial charge in [-0.25, -0.2) is 0 Å². The van der Waals surface area contributed by atoms with Gasteiger partial charge in [0.05, 0.1) is 20.3 Å². The third-order valence-corrected chi connectivity index (χ3v) is 5.58. The van der Waals surface area contributed by atoms with E-state index >= 15 is 0 Å². The third-order valence-electron chi connectivity index (χ3n) is 5.58. The maximum Gasteiger partial charge on any atom is 0.162 e. The van der Waals surface area contributed by atoms with Gasteiger partial charge in [-0.1, -0.05) is 0 Å². The van der Waals surface area contributed by atoms with Gasteiger partial charge in [0.25, 0.3) is 0 Å². The van der Waals surface area contributed by atoms with Crippen molar-refractivity contribution in [2.24, 2.45) is 7.05 Å². The van der Waals surface area contributed by atoms with Crippen LogP contribution in [0.3, 0.4) is 0 Å². The van der Waals surface area contributed by atoms with Crippen LogP contribution in [0, 0.1) is 0 Å². The van der Waals surface area contributed by atoms with Gasteiger partial charge in [-0.05, 0) is 48.7 Å². The van der Waals surface area contributed by atoms with Crippen molar-refractivity contribution in [3.63, 3.8) is 0 Å². The lowest BCUT2D eigenvalue weighted by atomic mass is 9.93. The zero-order valence-corrected chi connectivity index (χ0v) is 16.3. The van der Waals surface area contributed by atoms with Gasteiger partial charge < -0.3 is 24.1 Å². The predicted octanol–water partition coefficient (Wildman–Crippen LogP) is 4.44. The molecule has 0 saturated carbocycles. The van der Waals surface area contributed by atoms with Crippen molar-refractivity contribution in [1.82, 2.24) is 4.57 Å². The van der Waals surface area contributed by atoms with Gasteiger partial charge in [-0.3, -0.25) is 0 Å². The van der Waals surface area contributed by atoms with Crippen LogP contribution in [0.1, 0.15) is 17.7 Å². The fourth-order valence-electron chi connectivity index (χ4n) is 4.11. The molecule has 0 spiro atoms. The SMILES string of the molecule is COc1ccc(Nc2ccc3c(c2)c2c(n3C)CCC(OC)C2)cc1OC. The summed E-state index contributed by atoms with van der Waals surface area (Å²) in [5.41, 5.74) is 6.15. The number of nitrogens with zero attached hydrogens (tertiary/aromatic N) is 1. The second kappa shape index (κ2) is 7.16. The lowest BCUT2D eigenvalue weighted by molar-refractivity contribution is 0.0908. The zero-order valence-electron chi connectivity index (χ0n) is 16.3. The molecule has 4 rings (SSSR count). The molecule has 1 aliphatic carbocycles. The average molecular weight is 366 g/mol. The summed E-state index contributed by atoms with van der Waals surface area (Å²) in [6, 6.07) is 12.4. The standard InChI is InChI=1S/C22H26N2O3/c1-24-19-8-5-14(23-15-6-10-21(26-3)22(12-15)27-4)11-17(19)18-13-16(25-2)7-9-20(18)24/h5-6,8,10-12,16,23H,7,9,13H2,1-4H3. The summed E-state index contributed by atoms with van der Waals surface area (Å²) in [5, 5.41) is 4.79. The molecule has 0 bridgehead atoms. The molecular formula is C22H26N2O3. The van der Waals surface area contributed by atoms with E-state index in [-0.39, 0.29) is 0 Å². The molecule has 2 aromatic carbocycles. The number of hydrogen-bond donors (Lipinski definition) is 1. The first-order chi connectivity index (χ1) is 13.1. The van der Waals surface area contributed by atoms with Crippen LogP contribution in [-0.4, -0.2) is 32.0 Å². The molecule has 0 fully saturated rings. The van der Waals surface area contributed by atoms with E-state index in [1.54, 1.807) is 14.2 Å². The van der Waals surface area contributed by atoms with Crippen LogP contribution < -0.4 is 14.8 Å². The Balaban J connectivity index is 1.70. The Bertz CT molecular complexity index is 977. The Kier molecular flexibility index (Phi) is 4.70. The Labute approximate surface area is 159 Å². The van der Waals surface area contributed by atoms with Gasteiger partial charge in [0.1, 0.15) is 0 Å². The molecule has 0 radical (unpaired) electrons. The second-order valence-electron chi connectivity index (χ2n) is 7.01. The van der Waals surface area contributed by atoms with Crippen LogP contribution in [0.25, 0.3) is 10.9 Å². The summed E-state index contributed by atoms with van der Waals surface area (Å²) in [7, 11) is 7.27. The maximum absolute atomic E-state index is 5.63. The van der Waals surface area contributed by atoms with Crippen molar-refractivity contribution in [2.45, 2.75) is 25.4 Å². The maximum atomic E-state index is 5.63. The number of fused-ring (bicyclic) bond motifs is 3. The minimum atomic E-state index is 0.311. The number of rotatable bonds is 5. The minimum absolute atomic E-state index is 0.311. The van der Waals surface area contributed by atoms with Crippen molar-refractivity contribution in [3.8, 4) is 11.5 Å². The molecule has 0 aliphatic heterocycles. The summed E-state index contributed by atoms with van der Waals surface area (Å²) in [6.45, 7) is 0. The van der Waals surface area contributed by atoms with E-state index in [1.807, 2.05) is 25.3 Å². The molecule has 0 amide bonds. The normalized spacial score (nSPS) is 16.2. The highest BCUT2D eigenvalue weighted by molar-refractivity contribution is 5.89. The lowest BCUT2D eigenvalue weighted by Gasteiger charge is -2.22. The van der Waals surface area contributed by atoms with Crippen molar-refractivity contribution < 1.29 is 14.2 Å². The first-order valence-electron chi connectivity index (χ1n) is 9.26. The number of aryl methyl sites for hydroxylation is 1. The van der Waals surface area contributed by atoms with Crippen molar-refractivity contribution in [3.05, 3.63) is 47.7 Å². The first kappa shape index (κ1) is 17.7. The monoisotopic (exact) mass is 366 g/mol. The Hall–Kier alpha value is -2.66. The quantitative estimate of drug-likeness (QED) is 0.725. The van der Waals surface area contributed by atoms with Gasteiger partial charge in [0.2, 0.25) is 0 Å². The molecule has 142 valence electrons. The number of anilines is 2. The number of nitrogens with one attached hydrogen (secondary N) is 1. The number of hydrogen-bond acceptors (Lipinski definition) is 4. The van der Waals surface area contributed by atoms with E-state index in [2.05, 4.69) is 35.1 Å². The fraction of sp³-hybridized carbons (Fsp3) is 0.364. The number of ether oxygens (including phenoxy) is 3. The van der Waals surface area contributed by atoms with Crippen LogP contribution in [0.4, 0.5) is 11.4 Å². The molecule has 1 aromatic heterocycles. The smallest absolute Gasteiger partial charge is 0.162 e.